The summed E-state index contributed by atoms with van der Waals surface area (Å²) in [5.41, 5.74) is 1.90. The number of aryl methyl sites for hydroxylation is 1. The number of piperazine rings is 1. The highest BCUT2D eigenvalue weighted by Crippen LogP contribution is 2.36. The molecule has 1 N–H and O–H groups in total. The molecule has 2 atom stereocenters. The number of amides is 2. The number of hydrogen-bond acceptors (Lipinski definition) is 3. The summed E-state index contributed by atoms with van der Waals surface area (Å²) < 4.78 is 0. The molecule has 2 fully saturated rings. The Morgan fingerprint density at radius 1 is 0.892 bits per heavy atom. The number of benzene rings is 2. The number of carbonyl (C=O) groups excluding carboxylic acids is 2. The predicted molar refractivity (Wildman–Crippen MR) is 150 cm³/mol. The minimum Gasteiger partial charge on any atom is -0.342 e. The lowest BCUT2D eigenvalue weighted by atomic mass is 9.80. The molecule has 2 aromatic rings. The van der Waals surface area contributed by atoms with Crippen molar-refractivity contribution in [1.29, 1.82) is 0 Å². The molecule has 0 aliphatic carbocycles. The Hall–Kier alpha value is -2.66. The molecule has 0 bridgehead atoms. The van der Waals surface area contributed by atoms with Gasteiger partial charge in [0.25, 0.3) is 0 Å². The number of rotatable bonds is 11. The van der Waals surface area contributed by atoms with Crippen LogP contribution in [0.4, 0.5) is 0 Å². The highest BCUT2D eigenvalue weighted by Gasteiger charge is 2.53. The van der Waals surface area contributed by atoms with Gasteiger partial charge in [0.1, 0.15) is 11.6 Å². The number of likely N-dealkylation sites (tertiary alicyclic amines) is 1. The van der Waals surface area contributed by atoms with Gasteiger partial charge in [-0.05, 0) is 68.0 Å². The smallest absolute Gasteiger partial charge is 0.246 e. The Bertz CT molecular complexity index is 999. The molecule has 0 radical (unpaired) electrons. The maximum absolute atomic E-state index is 13.8. The van der Waals surface area contributed by atoms with Crippen LogP contribution >= 0.6 is 0 Å². The van der Waals surface area contributed by atoms with E-state index in [2.05, 4.69) is 73.5 Å². The zero-order valence-corrected chi connectivity index (χ0v) is 23.0. The van der Waals surface area contributed by atoms with Gasteiger partial charge in [0.05, 0.1) is 0 Å². The highest BCUT2D eigenvalue weighted by atomic mass is 16.2. The van der Waals surface area contributed by atoms with Gasteiger partial charge in [-0.15, -0.1) is 0 Å². The average Bonchev–Trinajstić information content (AvgIpc) is 2.91. The van der Waals surface area contributed by atoms with E-state index < -0.39 is 11.6 Å². The standard InChI is InChI=1S/C32H45N3O2/c1-25(2)23-29-30(36)35(24-26(3)28-16-10-5-11-17-28)32(31(37)33-29)18-21-34(22-19-32)20-12-6-9-15-27-13-7-4-8-14-27/h4-5,7-8,10-11,13-14,16-17,25-26,29H,6,9,12,15,18-24H2,1-3H3,(H,33,37)/t26?,29-/m0/s1. The van der Waals surface area contributed by atoms with Gasteiger partial charge in [0.2, 0.25) is 11.8 Å². The lowest BCUT2D eigenvalue weighted by molar-refractivity contribution is -0.162. The van der Waals surface area contributed by atoms with Gasteiger partial charge in [-0.2, -0.15) is 0 Å². The van der Waals surface area contributed by atoms with Crippen molar-refractivity contribution >= 4 is 11.8 Å². The molecule has 2 heterocycles. The Labute approximate surface area is 223 Å². The van der Waals surface area contributed by atoms with Gasteiger partial charge in [0, 0.05) is 19.6 Å². The van der Waals surface area contributed by atoms with Crippen LogP contribution in [0, 0.1) is 5.92 Å². The molecule has 5 nitrogen and oxygen atoms in total. The van der Waals surface area contributed by atoms with Crippen LogP contribution in [-0.4, -0.2) is 59.4 Å². The number of nitrogens with one attached hydrogen (secondary N) is 1. The van der Waals surface area contributed by atoms with Gasteiger partial charge in [-0.3, -0.25) is 9.59 Å². The second-order valence-electron chi connectivity index (χ2n) is 11.6. The molecular weight excluding hydrogens is 458 g/mol. The summed E-state index contributed by atoms with van der Waals surface area (Å²) in [6.45, 7) is 9.78. The summed E-state index contributed by atoms with van der Waals surface area (Å²) in [5.74, 6) is 0.682. The monoisotopic (exact) mass is 503 g/mol. The zero-order valence-electron chi connectivity index (χ0n) is 23.0. The molecule has 2 aliphatic heterocycles. The van der Waals surface area contributed by atoms with E-state index in [1.165, 1.54) is 30.4 Å². The molecule has 2 aromatic carbocycles. The lowest BCUT2D eigenvalue weighted by Crippen LogP contribution is -2.73. The summed E-state index contributed by atoms with van der Waals surface area (Å²) in [7, 11) is 0. The van der Waals surface area contributed by atoms with Crippen molar-refractivity contribution in [3.05, 3.63) is 71.8 Å². The Kier molecular flexibility index (Phi) is 9.42. The highest BCUT2D eigenvalue weighted by molar-refractivity contribution is 6.00. The molecule has 5 heteroatoms. The zero-order chi connectivity index (χ0) is 26.3. The first-order chi connectivity index (χ1) is 17.9. The van der Waals surface area contributed by atoms with Gasteiger partial charge >= 0.3 is 0 Å². The van der Waals surface area contributed by atoms with Crippen LogP contribution in [0.2, 0.25) is 0 Å². The Morgan fingerprint density at radius 2 is 1.54 bits per heavy atom. The Balaban J connectivity index is 1.37. The van der Waals surface area contributed by atoms with Gasteiger partial charge in [0.15, 0.2) is 0 Å². The van der Waals surface area contributed by atoms with Gasteiger partial charge < -0.3 is 15.1 Å². The first-order valence-electron chi connectivity index (χ1n) is 14.3. The van der Waals surface area contributed by atoms with E-state index >= 15 is 0 Å². The van der Waals surface area contributed by atoms with Crippen molar-refractivity contribution in [2.45, 2.75) is 83.2 Å². The van der Waals surface area contributed by atoms with Crippen LogP contribution in [0.5, 0.6) is 0 Å². The van der Waals surface area contributed by atoms with Crippen molar-refractivity contribution in [3.63, 3.8) is 0 Å². The van der Waals surface area contributed by atoms with E-state index in [0.717, 1.165) is 26.1 Å². The fourth-order valence-corrected chi connectivity index (χ4v) is 6.06. The van der Waals surface area contributed by atoms with Crippen LogP contribution in [0.1, 0.15) is 76.3 Å². The van der Waals surface area contributed by atoms with Crippen LogP contribution in [0.3, 0.4) is 0 Å². The number of piperidine rings is 1. The van der Waals surface area contributed by atoms with E-state index in [0.29, 0.717) is 31.7 Å². The van der Waals surface area contributed by atoms with Crippen molar-refractivity contribution < 1.29 is 9.59 Å². The number of nitrogens with zero attached hydrogens (tertiary/aromatic N) is 2. The van der Waals surface area contributed by atoms with Crippen molar-refractivity contribution in [2.24, 2.45) is 5.92 Å². The molecule has 2 saturated heterocycles. The van der Waals surface area contributed by atoms with E-state index in [4.69, 9.17) is 0 Å². The van der Waals surface area contributed by atoms with Crippen molar-refractivity contribution in [2.75, 3.05) is 26.2 Å². The van der Waals surface area contributed by atoms with Crippen LogP contribution in [-0.2, 0) is 16.0 Å². The third-order valence-corrected chi connectivity index (χ3v) is 8.31. The van der Waals surface area contributed by atoms with Crippen LogP contribution in [0.15, 0.2) is 60.7 Å². The molecule has 37 heavy (non-hydrogen) atoms. The molecule has 2 amide bonds. The summed E-state index contributed by atoms with van der Waals surface area (Å²) in [6, 6.07) is 20.7. The summed E-state index contributed by atoms with van der Waals surface area (Å²) in [4.78, 5) is 31.9. The fraction of sp³-hybridized carbons (Fsp3) is 0.562. The van der Waals surface area contributed by atoms with Crippen LogP contribution in [0.25, 0.3) is 0 Å². The summed E-state index contributed by atoms with van der Waals surface area (Å²) in [6.07, 6.45) is 6.85. The largest absolute Gasteiger partial charge is 0.342 e. The Morgan fingerprint density at radius 3 is 2.19 bits per heavy atom. The second-order valence-corrected chi connectivity index (χ2v) is 11.6. The van der Waals surface area contributed by atoms with E-state index in [-0.39, 0.29) is 17.7 Å². The van der Waals surface area contributed by atoms with Gasteiger partial charge in [-0.1, -0.05) is 87.9 Å². The summed E-state index contributed by atoms with van der Waals surface area (Å²) >= 11 is 0. The molecule has 2 aliphatic rings. The SMILES string of the molecule is CC(C)C[C@@H]1NC(=O)C2(CCN(CCCCCc3ccccc3)CC2)N(CC(C)c2ccccc2)C1=O. The number of carbonyl (C=O) groups is 2. The topological polar surface area (TPSA) is 52.7 Å². The van der Waals surface area contributed by atoms with Crippen molar-refractivity contribution in [1.82, 2.24) is 15.1 Å². The van der Waals surface area contributed by atoms with Crippen molar-refractivity contribution in [3.8, 4) is 0 Å². The maximum atomic E-state index is 13.8. The van der Waals surface area contributed by atoms with Crippen LogP contribution < -0.4 is 5.32 Å². The third-order valence-electron chi connectivity index (χ3n) is 8.31. The lowest BCUT2D eigenvalue weighted by Gasteiger charge is -2.52. The maximum Gasteiger partial charge on any atom is 0.246 e. The third kappa shape index (κ3) is 6.81. The minimum atomic E-state index is -0.725. The molecule has 0 saturated carbocycles. The van der Waals surface area contributed by atoms with Gasteiger partial charge in [-0.25, -0.2) is 0 Å². The summed E-state index contributed by atoms with van der Waals surface area (Å²) in [5, 5.41) is 3.14. The molecule has 1 spiro atoms. The van der Waals surface area contributed by atoms with E-state index in [1.54, 1.807) is 0 Å². The fourth-order valence-electron chi connectivity index (χ4n) is 6.06. The molecule has 4 rings (SSSR count). The molecule has 200 valence electrons. The minimum absolute atomic E-state index is 0.0560. The van der Waals surface area contributed by atoms with E-state index in [1.807, 2.05) is 23.1 Å². The number of hydrogen-bond donors (Lipinski definition) is 1. The van der Waals surface area contributed by atoms with E-state index in [9.17, 15) is 9.59 Å². The first-order valence-corrected chi connectivity index (χ1v) is 14.3. The molecular formula is C32H45N3O2. The average molecular weight is 504 g/mol. The quantitative estimate of drug-likeness (QED) is 0.417. The first kappa shape index (κ1) is 27.4. The second kappa shape index (κ2) is 12.7. The number of unbranched alkanes of at least 4 members (excludes halogenated alkanes) is 2. The molecule has 0 aromatic heterocycles. The normalized spacial score (nSPS) is 20.9. The predicted octanol–water partition coefficient (Wildman–Crippen LogP) is 5.41. The molecule has 1 unspecified atom stereocenters.